The lowest BCUT2D eigenvalue weighted by Crippen LogP contribution is -2.22. The highest BCUT2D eigenvalue weighted by molar-refractivity contribution is 7.78. The number of carbonyl (C=O) groups is 2. The Morgan fingerprint density at radius 1 is 1.62 bits per heavy atom. The summed E-state index contributed by atoms with van der Waals surface area (Å²) in [6.45, 7) is 0. The molecule has 0 unspecified atom stereocenters. The summed E-state index contributed by atoms with van der Waals surface area (Å²) in [7, 11) is 0. The van der Waals surface area contributed by atoms with Gasteiger partial charge in [-0.25, -0.2) is 0 Å². The van der Waals surface area contributed by atoms with Gasteiger partial charge in [-0.05, 0) is 0 Å². The van der Waals surface area contributed by atoms with Gasteiger partial charge in [0.1, 0.15) is 6.42 Å². The fraction of sp³-hybridized carbons (Fsp3) is 0.333. The number of nitrogens with two attached hydrogens (primary N) is 1. The topological polar surface area (TPSA) is 72.2 Å². The third-order valence-corrected chi connectivity index (χ3v) is 0.709. The number of hydrogen-bond donors (Lipinski definition) is 3. The zero-order chi connectivity index (χ0) is 6.57. The van der Waals surface area contributed by atoms with Gasteiger partial charge < -0.3 is 10.5 Å². The van der Waals surface area contributed by atoms with Crippen molar-refractivity contribution in [2.75, 3.05) is 0 Å². The molecule has 0 aliphatic heterocycles. The molecule has 0 rings (SSSR count). The van der Waals surface area contributed by atoms with Crippen molar-refractivity contribution in [2.24, 2.45) is 5.73 Å². The van der Waals surface area contributed by atoms with Crippen LogP contribution in [0.2, 0.25) is 0 Å². The number of thiol groups is 1. The number of rotatable bonds is 2. The van der Waals surface area contributed by atoms with Crippen LogP contribution >= 0.6 is 12.8 Å². The van der Waals surface area contributed by atoms with Crippen LogP contribution in [0, 0.1) is 0 Å². The predicted octanol–water partition coefficient (Wildman–Crippen LogP) is -1.18. The maximum absolute atomic E-state index is 10.1. The van der Waals surface area contributed by atoms with Gasteiger partial charge in [0.25, 0.3) is 0 Å². The number of primary amides is 1. The minimum Gasteiger partial charge on any atom is -0.369 e. The van der Waals surface area contributed by atoms with E-state index >= 15 is 0 Å². The van der Waals surface area contributed by atoms with Crippen molar-refractivity contribution >= 4 is 24.6 Å². The lowest BCUT2D eigenvalue weighted by molar-refractivity contribution is -0.126. The largest absolute Gasteiger partial charge is 0.369 e. The van der Waals surface area contributed by atoms with Gasteiger partial charge in [0.15, 0.2) is 0 Å². The van der Waals surface area contributed by atoms with E-state index in [0.29, 0.717) is 0 Å². The first kappa shape index (κ1) is 7.29. The molecule has 0 heterocycles. The van der Waals surface area contributed by atoms with Crippen molar-refractivity contribution in [3.63, 3.8) is 0 Å². The Labute approximate surface area is 52.0 Å². The molecule has 0 aliphatic carbocycles. The van der Waals surface area contributed by atoms with E-state index in [9.17, 15) is 9.59 Å². The van der Waals surface area contributed by atoms with E-state index in [1.165, 1.54) is 0 Å². The van der Waals surface area contributed by atoms with E-state index in [0.717, 1.165) is 0 Å². The maximum atomic E-state index is 10.1. The third-order valence-electron chi connectivity index (χ3n) is 0.459. The van der Waals surface area contributed by atoms with Crippen LogP contribution in [0.4, 0.5) is 0 Å². The Morgan fingerprint density at radius 3 is 2.25 bits per heavy atom. The summed E-state index contributed by atoms with van der Waals surface area (Å²) >= 11 is 3.38. The van der Waals surface area contributed by atoms with Gasteiger partial charge in [-0.2, -0.15) is 0 Å². The van der Waals surface area contributed by atoms with Gasteiger partial charge in [0.05, 0.1) is 0 Å². The zero-order valence-electron chi connectivity index (χ0n) is 4.05. The Hall–Kier alpha value is -0.710. The third kappa shape index (κ3) is 3.48. The summed E-state index contributed by atoms with van der Waals surface area (Å²) in [5, 5.41) is 0. The molecule has 0 fully saturated rings. The van der Waals surface area contributed by atoms with Gasteiger partial charge in [-0.1, -0.05) is 12.8 Å². The number of hydrogen-bond acceptors (Lipinski definition) is 3. The molecule has 0 saturated carbocycles. The molecule has 46 valence electrons. The second-order valence-corrected chi connectivity index (χ2v) is 1.40. The first-order chi connectivity index (χ1) is 3.66. The second kappa shape index (κ2) is 3.31. The Bertz CT molecular complexity index is 114. The monoisotopic (exact) mass is 134 g/mol. The minimum absolute atomic E-state index is 0.302. The van der Waals surface area contributed by atoms with Crippen molar-refractivity contribution in [3.8, 4) is 0 Å². The molecule has 8 heavy (non-hydrogen) atoms. The average Bonchev–Trinajstić information content (AvgIpc) is 1.65. The Balaban J connectivity index is 3.40. The van der Waals surface area contributed by atoms with E-state index in [2.05, 4.69) is 18.5 Å². The fourth-order valence-corrected chi connectivity index (χ4v) is 0.277. The number of nitrogens with one attached hydrogen (secondary N) is 1. The molecule has 3 N–H and O–H groups in total. The molecule has 0 aromatic rings. The molecule has 0 spiro atoms. The predicted molar refractivity (Wildman–Crippen MR) is 30.9 cm³/mol. The van der Waals surface area contributed by atoms with E-state index in [1.807, 2.05) is 4.72 Å². The molecule has 0 atom stereocenters. The van der Waals surface area contributed by atoms with Crippen LogP contribution in [0.25, 0.3) is 0 Å². The average molecular weight is 134 g/mol. The van der Waals surface area contributed by atoms with E-state index in [1.54, 1.807) is 0 Å². The lowest BCUT2D eigenvalue weighted by Gasteiger charge is -1.90. The van der Waals surface area contributed by atoms with Gasteiger partial charge >= 0.3 is 0 Å². The van der Waals surface area contributed by atoms with Crippen LogP contribution in [0.5, 0.6) is 0 Å². The van der Waals surface area contributed by atoms with E-state index < -0.39 is 11.8 Å². The fourth-order valence-electron chi connectivity index (χ4n) is 0.198. The Morgan fingerprint density at radius 2 is 2.12 bits per heavy atom. The number of carbonyl (C=O) groups excluding carboxylic acids is 2. The van der Waals surface area contributed by atoms with Crippen molar-refractivity contribution in [1.82, 2.24) is 4.72 Å². The summed E-state index contributed by atoms with van der Waals surface area (Å²) < 4.78 is 1.95. The van der Waals surface area contributed by atoms with Crippen LogP contribution < -0.4 is 10.5 Å². The van der Waals surface area contributed by atoms with Gasteiger partial charge in [0.2, 0.25) is 11.8 Å². The highest BCUT2D eigenvalue weighted by Gasteiger charge is 2.00. The molecular formula is C3H6N2O2S. The second-order valence-electron chi connectivity index (χ2n) is 1.18. The molecule has 0 aromatic heterocycles. The van der Waals surface area contributed by atoms with Crippen molar-refractivity contribution in [1.29, 1.82) is 0 Å². The maximum Gasteiger partial charge on any atom is 0.239 e. The molecule has 2 amide bonds. The van der Waals surface area contributed by atoms with Crippen LogP contribution in [-0.4, -0.2) is 11.8 Å². The van der Waals surface area contributed by atoms with Crippen molar-refractivity contribution < 1.29 is 9.59 Å². The zero-order valence-corrected chi connectivity index (χ0v) is 4.94. The van der Waals surface area contributed by atoms with Crippen molar-refractivity contribution in [2.45, 2.75) is 6.42 Å². The van der Waals surface area contributed by atoms with E-state index in [4.69, 9.17) is 0 Å². The highest BCUT2D eigenvalue weighted by Crippen LogP contribution is 1.75. The van der Waals surface area contributed by atoms with E-state index in [-0.39, 0.29) is 6.42 Å². The summed E-state index contributed by atoms with van der Waals surface area (Å²) in [5.41, 5.74) is 4.64. The standard InChI is InChI=1S/C3H6N2O2S/c4-2(6)1-3(7)5-8/h8H,1H2,(H2,4,6)(H,5,7). The van der Waals surface area contributed by atoms with Crippen molar-refractivity contribution in [3.05, 3.63) is 0 Å². The SMILES string of the molecule is NC(=O)CC(=O)NS. The normalized spacial score (nSPS) is 8.12. The molecular weight excluding hydrogens is 128 g/mol. The molecule has 0 aromatic carbocycles. The first-order valence-corrected chi connectivity index (χ1v) is 2.32. The molecule has 0 radical (unpaired) electrons. The quantitative estimate of drug-likeness (QED) is 0.328. The highest BCUT2D eigenvalue weighted by atomic mass is 32.1. The molecule has 4 nitrogen and oxygen atoms in total. The first-order valence-electron chi connectivity index (χ1n) is 1.88. The molecule has 0 bridgehead atoms. The van der Waals surface area contributed by atoms with Crippen LogP contribution in [0.1, 0.15) is 6.42 Å². The summed E-state index contributed by atoms with van der Waals surface area (Å²) in [5.74, 6) is -1.14. The lowest BCUT2D eigenvalue weighted by atomic mass is 10.4. The molecule has 0 saturated heterocycles. The van der Waals surface area contributed by atoms with Crippen LogP contribution in [-0.2, 0) is 9.59 Å². The minimum atomic E-state index is -0.656. The molecule has 0 aliphatic rings. The number of amides is 2. The smallest absolute Gasteiger partial charge is 0.239 e. The van der Waals surface area contributed by atoms with Gasteiger partial charge in [0, 0.05) is 0 Å². The molecule has 5 heteroatoms. The van der Waals surface area contributed by atoms with Crippen LogP contribution in [0.3, 0.4) is 0 Å². The summed E-state index contributed by atoms with van der Waals surface area (Å²) in [6.07, 6.45) is -0.302. The Kier molecular flexibility index (Phi) is 3.02. The van der Waals surface area contributed by atoms with Crippen LogP contribution in [0.15, 0.2) is 0 Å². The van der Waals surface area contributed by atoms with Gasteiger partial charge in [-0.3, -0.25) is 9.59 Å². The summed E-state index contributed by atoms with van der Waals surface area (Å²) in [4.78, 5) is 20.0. The van der Waals surface area contributed by atoms with Gasteiger partial charge in [-0.15, -0.1) is 0 Å². The summed E-state index contributed by atoms with van der Waals surface area (Å²) in [6, 6.07) is 0.